The van der Waals surface area contributed by atoms with E-state index >= 15 is 0 Å². The third kappa shape index (κ3) is 4.85. The lowest BCUT2D eigenvalue weighted by atomic mass is 10.1. The van der Waals surface area contributed by atoms with Gasteiger partial charge in [-0.05, 0) is 37.1 Å². The molecule has 0 atom stereocenters. The number of carbonyl (C=O) groups excluding carboxylic acids is 2. The Balaban J connectivity index is 1.72. The zero-order valence-corrected chi connectivity index (χ0v) is 18.1. The third-order valence-electron chi connectivity index (χ3n) is 4.77. The Labute approximate surface area is 181 Å². The molecule has 2 heterocycles. The number of anilines is 1. The summed E-state index contributed by atoms with van der Waals surface area (Å²) in [7, 11) is 4.97. The molecule has 2 amide bonds. The smallest absolute Gasteiger partial charge is 0.291 e. The van der Waals surface area contributed by atoms with Crippen LogP contribution in [0.25, 0.3) is 0 Å². The van der Waals surface area contributed by atoms with Crippen molar-refractivity contribution in [3.63, 3.8) is 0 Å². The maximum Gasteiger partial charge on any atom is 0.291 e. The van der Waals surface area contributed by atoms with Crippen LogP contribution in [0.2, 0.25) is 0 Å². The van der Waals surface area contributed by atoms with Crippen LogP contribution in [0.1, 0.15) is 38.1 Å². The normalized spacial score (nSPS) is 10.6. The highest BCUT2D eigenvalue weighted by atomic mass is 16.5. The van der Waals surface area contributed by atoms with Crippen molar-refractivity contribution < 1.29 is 18.7 Å². The number of nitrogens with zero attached hydrogens (tertiary/aromatic N) is 3. The summed E-state index contributed by atoms with van der Waals surface area (Å²) in [6.07, 6.45) is 2.51. The number of nitrogens with one attached hydrogen (secondary N) is 1. The third-order valence-corrected chi connectivity index (χ3v) is 4.77. The average Bonchev–Trinajstić information content (AvgIpc) is 3.33. The van der Waals surface area contributed by atoms with Gasteiger partial charge in [0.15, 0.2) is 11.5 Å². The summed E-state index contributed by atoms with van der Waals surface area (Å²) in [5, 5.41) is 6.97. The molecule has 1 aromatic carbocycles. The molecule has 0 aliphatic carbocycles. The van der Waals surface area contributed by atoms with Crippen molar-refractivity contribution >= 4 is 17.5 Å². The molecule has 0 unspecified atom stereocenters. The highest BCUT2D eigenvalue weighted by molar-refractivity contribution is 6.07. The van der Waals surface area contributed by atoms with Gasteiger partial charge in [-0.15, -0.1) is 6.58 Å². The fourth-order valence-corrected chi connectivity index (χ4v) is 2.99. The van der Waals surface area contributed by atoms with Crippen molar-refractivity contribution in [1.82, 2.24) is 14.7 Å². The molecule has 8 heteroatoms. The van der Waals surface area contributed by atoms with Gasteiger partial charge >= 0.3 is 0 Å². The number of aromatic nitrogens is 2. The number of amides is 2. The second kappa shape index (κ2) is 9.34. The first kappa shape index (κ1) is 21.9. The van der Waals surface area contributed by atoms with Crippen LogP contribution in [0.4, 0.5) is 5.69 Å². The second-order valence-corrected chi connectivity index (χ2v) is 7.24. The van der Waals surface area contributed by atoms with Crippen molar-refractivity contribution in [2.24, 2.45) is 7.05 Å². The number of carbonyl (C=O) groups is 2. The van der Waals surface area contributed by atoms with E-state index in [2.05, 4.69) is 17.0 Å². The monoisotopic (exact) mass is 422 g/mol. The van der Waals surface area contributed by atoms with E-state index in [-0.39, 0.29) is 24.0 Å². The van der Waals surface area contributed by atoms with Crippen LogP contribution in [0.5, 0.6) is 5.75 Å². The summed E-state index contributed by atoms with van der Waals surface area (Å²) >= 11 is 0. The lowest BCUT2D eigenvalue weighted by Gasteiger charge is -2.10. The van der Waals surface area contributed by atoms with Gasteiger partial charge in [0.1, 0.15) is 18.1 Å². The van der Waals surface area contributed by atoms with Gasteiger partial charge in [-0.3, -0.25) is 14.3 Å². The first-order chi connectivity index (χ1) is 14.8. The summed E-state index contributed by atoms with van der Waals surface area (Å²) in [6.45, 7) is 5.71. The molecule has 3 aromatic rings. The van der Waals surface area contributed by atoms with Gasteiger partial charge < -0.3 is 19.4 Å². The van der Waals surface area contributed by atoms with Crippen molar-refractivity contribution in [3.8, 4) is 5.75 Å². The van der Waals surface area contributed by atoms with Crippen LogP contribution < -0.4 is 10.1 Å². The first-order valence-electron chi connectivity index (χ1n) is 9.78. The van der Waals surface area contributed by atoms with Gasteiger partial charge in [0, 0.05) is 21.1 Å². The minimum Gasteiger partial charge on any atom is -0.485 e. The number of ether oxygens (including phenoxy) is 1. The van der Waals surface area contributed by atoms with Crippen molar-refractivity contribution in [2.75, 3.05) is 19.4 Å². The topological polar surface area (TPSA) is 89.6 Å². The molecule has 1 N–H and O–H groups in total. The summed E-state index contributed by atoms with van der Waals surface area (Å²) < 4.78 is 13.1. The van der Waals surface area contributed by atoms with E-state index in [4.69, 9.17) is 9.15 Å². The van der Waals surface area contributed by atoms with E-state index < -0.39 is 5.91 Å². The molecule has 31 heavy (non-hydrogen) atoms. The molecular weight excluding hydrogens is 396 g/mol. The highest BCUT2D eigenvalue weighted by Crippen LogP contribution is 2.23. The van der Waals surface area contributed by atoms with E-state index in [0.29, 0.717) is 23.6 Å². The molecule has 0 bridgehead atoms. The second-order valence-electron chi connectivity index (χ2n) is 7.24. The molecule has 0 saturated carbocycles. The molecule has 0 fully saturated rings. The van der Waals surface area contributed by atoms with Crippen LogP contribution >= 0.6 is 0 Å². The molecule has 0 aliphatic rings. The van der Waals surface area contributed by atoms with Gasteiger partial charge in [0.05, 0.1) is 11.4 Å². The molecule has 0 saturated heterocycles. The van der Waals surface area contributed by atoms with Crippen LogP contribution in [0.15, 0.2) is 53.5 Å². The summed E-state index contributed by atoms with van der Waals surface area (Å²) in [5.41, 5.74) is 2.21. The predicted octanol–water partition coefficient (Wildman–Crippen LogP) is 3.58. The van der Waals surface area contributed by atoms with Crippen LogP contribution in [0, 0.1) is 6.92 Å². The Hall–Kier alpha value is -3.81. The molecule has 2 aromatic heterocycles. The van der Waals surface area contributed by atoms with Gasteiger partial charge in [-0.1, -0.05) is 24.3 Å². The van der Waals surface area contributed by atoms with Gasteiger partial charge in [-0.2, -0.15) is 5.10 Å². The summed E-state index contributed by atoms with van der Waals surface area (Å²) in [5.74, 6) is 0.589. The lowest BCUT2D eigenvalue weighted by molar-refractivity contribution is 0.0822. The SMILES string of the molecule is C=CCc1ccccc1OCc1ccc(C(=O)Nc2c(C(=O)N(C)C)nn(C)c2C)o1. The number of hydrogen-bond acceptors (Lipinski definition) is 5. The highest BCUT2D eigenvalue weighted by Gasteiger charge is 2.24. The Morgan fingerprint density at radius 3 is 2.71 bits per heavy atom. The maximum absolute atomic E-state index is 12.7. The number of para-hydroxylation sites is 1. The van der Waals surface area contributed by atoms with E-state index in [1.165, 1.54) is 4.90 Å². The maximum atomic E-state index is 12.7. The van der Waals surface area contributed by atoms with Crippen molar-refractivity contribution in [2.45, 2.75) is 20.0 Å². The summed E-state index contributed by atoms with van der Waals surface area (Å²) in [6, 6.07) is 10.9. The Kier molecular flexibility index (Phi) is 6.59. The number of furan rings is 1. The number of aryl methyl sites for hydroxylation is 1. The molecule has 8 nitrogen and oxygen atoms in total. The molecule has 162 valence electrons. The Bertz CT molecular complexity index is 1110. The predicted molar refractivity (Wildman–Crippen MR) is 117 cm³/mol. The van der Waals surface area contributed by atoms with Crippen LogP contribution in [0.3, 0.4) is 0 Å². The molecule has 0 radical (unpaired) electrons. The largest absolute Gasteiger partial charge is 0.485 e. The van der Waals surface area contributed by atoms with Crippen LogP contribution in [-0.2, 0) is 20.1 Å². The zero-order valence-electron chi connectivity index (χ0n) is 18.1. The van der Waals surface area contributed by atoms with Gasteiger partial charge in [-0.25, -0.2) is 0 Å². The molecule has 3 rings (SSSR count). The fraction of sp³-hybridized carbons (Fsp3) is 0.261. The molecule has 0 aliphatic heterocycles. The standard InChI is InChI=1S/C23H26N4O4/c1-6-9-16-10-7-8-11-18(16)30-14-17-12-13-19(31-17)22(28)24-20-15(2)27(5)25-21(20)23(29)26(3)4/h6-8,10-13H,1,9,14H2,2-5H3,(H,24,28). The van der Waals surface area contributed by atoms with Crippen molar-refractivity contribution in [1.29, 1.82) is 0 Å². The Morgan fingerprint density at radius 2 is 2.00 bits per heavy atom. The van der Waals surface area contributed by atoms with Crippen molar-refractivity contribution in [3.05, 3.63) is 77.5 Å². The zero-order chi connectivity index (χ0) is 22.5. The minimum atomic E-state index is -0.470. The van der Waals surface area contributed by atoms with Gasteiger partial charge in [0.25, 0.3) is 11.8 Å². The lowest BCUT2D eigenvalue weighted by Crippen LogP contribution is -2.24. The number of hydrogen-bond donors (Lipinski definition) is 1. The van der Waals surface area contributed by atoms with E-state index in [1.54, 1.807) is 44.9 Å². The van der Waals surface area contributed by atoms with E-state index in [0.717, 1.165) is 11.3 Å². The quantitative estimate of drug-likeness (QED) is 0.561. The Morgan fingerprint density at radius 1 is 1.26 bits per heavy atom. The van der Waals surface area contributed by atoms with E-state index in [1.807, 2.05) is 30.3 Å². The first-order valence-corrected chi connectivity index (χ1v) is 9.78. The number of allylic oxidation sites excluding steroid dienone is 1. The van der Waals surface area contributed by atoms with E-state index in [9.17, 15) is 9.59 Å². The number of benzene rings is 1. The minimum absolute atomic E-state index is 0.115. The number of rotatable bonds is 8. The summed E-state index contributed by atoms with van der Waals surface area (Å²) in [4.78, 5) is 26.5. The van der Waals surface area contributed by atoms with Gasteiger partial charge in [0.2, 0.25) is 0 Å². The van der Waals surface area contributed by atoms with Crippen LogP contribution in [-0.4, -0.2) is 40.6 Å². The molecule has 0 spiro atoms. The average molecular weight is 422 g/mol. The molecular formula is C23H26N4O4. The fourth-order valence-electron chi connectivity index (χ4n) is 2.99.